The summed E-state index contributed by atoms with van der Waals surface area (Å²) in [5, 5.41) is 3.49. The molecule has 1 heterocycles. The van der Waals surface area contributed by atoms with Gasteiger partial charge in [0.2, 0.25) is 0 Å². The Hall–Kier alpha value is -1.28. The maximum absolute atomic E-state index is 5.42. The number of hydrogen-bond donors (Lipinski definition) is 1. The lowest BCUT2D eigenvalue weighted by Crippen LogP contribution is -2.14. The zero-order valence-electron chi connectivity index (χ0n) is 9.83. The highest BCUT2D eigenvalue weighted by atomic mass is 16.5. The third-order valence-electron chi connectivity index (χ3n) is 2.89. The van der Waals surface area contributed by atoms with Crippen LogP contribution in [0.4, 0.5) is 5.69 Å². The van der Waals surface area contributed by atoms with Gasteiger partial charge in [-0.1, -0.05) is 31.2 Å². The van der Waals surface area contributed by atoms with Crippen LogP contribution in [-0.2, 0) is 11.2 Å². The van der Waals surface area contributed by atoms with E-state index in [4.69, 9.17) is 4.74 Å². The average Bonchev–Trinajstić information content (AvgIpc) is 2.38. The second-order valence-corrected chi connectivity index (χ2v) is 4.07. The molecule has 0 bridgehead atoms. The van der Waals surface area contributed by atoms with Crippen LogP contribution in [0.2, 0.25) is 0 Å². The summed E-state index contributed by atoms with van der Waals surface area (Å²) in [5.74, 6) is 0. The third-order valence-corrected chi connectivity index (χ3v) is 2.89. The van der Waals surface area contributed by atoms with E-state index in [-0.39, 0.29) is 0 Å². The van der Waals surface area contributed by atoms with Crippen molar-refractivity contribution < 1.29 is 4.74 Å². The zero-order chi connectivity index (χ0) is 11.2. The Kier molecular flexibility index (Phi) is 4.00. The van der Waals surface area contributed by atoms with Crippen molar-refractivity contribution in [3.05, 3.63) is 41.5 Å². The van der Waals surface area contributed by atoms with Crippen molar-refractivity contribution in [1.29, 1.82) is 0 Å². The van der Waals surface area contributed by atoms with Crippen molar-refractivity contribution in [3.63, 3.8) is 0 Å². The maximum Gasteiger partial charge on any atom is 0.0693 e. The van der Waals surface area contributed by atoms with Crippen LogP contribution < -0.4 is 5.32 Å². The number of benzene rings is 1. The van der Waals surface area contributed by atoms with E-state index in [0.717, 1.165) is 32.6 Å². The fourth-order valence-corrected chi connectivity index (χ4v) is 1.94. The largest absolute Gasteiger partial charge is 0.381 e. The highest BCUT2D eigenvalue weighted by Gasteiger charge is 2.04. The van der Waals surface area contributed by atoms with Crippen molar-refractivity contribution in [2.45, 2.75) is 19.8 Å². The summed E-state index contributed by atoms with van der Waals surface area (Å²) in [7, 11) is 0. The second kappa shape index (κ2) is 5.71. The molecule has 0 saturated heterocycles. The molecule has 1 N–H and O–H groups in total. The van der Waals surface area contributed by atoms with E-state index in [1.165, 1.54) is 16.8 Å². The topological polar surface area (TPSA) is 21.3 Å². The van der Waals surface area contributed by atoms with Gasteiger partial charge in [0, 0.05) is 12.2 Å². The van der Waals surface area contributed by atoms with E-state index in [1.54, 1.807) is 0 Å². The van der Waals surface area contributed by atoms with E-state index in [1.807, 2.05) is 0 Å². The molecule has 16 heavy (non-hydrogen) atoms. The average molecular weight is 217 g/mol. The predicted octanol–water partition coefficient (Wildman–Crippen LogP) is 3.01. The smallest absolute Gasteiger partial charge is 0.0693 e. The summed E-state index contributed by atoms with van der Waals surface area (Å²) < 4.78 is 5.42. The highest BCUT2D eigenvalue weighted by Crippen LogP contribution is 2.16. The number of nitrogens with one attached hydrogen (secondary N) is 1. The number of aryl methyl sites for hydroxylation is 1. The molecular weight excluding hydrogens is 198 g/mol. The fourth-order valence-electron chi connectivity index (χ4n) is 1.94. The first-order valence-corrected chi connectivity index (χ1v) is 5.97. The Morgan fingerprint density at radius 3 is 2.94 bits per heavy atom. The van der Waals surface area contributed by atoms with Crippen molar-refractivity contribution in [3.8, 4) is 0 Å². The Morgan fingerprint density at radius 2 is 2.19 bits per heavy atom. The van der Waals surface area contributed by atoms with Crippen LogP contribution in [0.5, 0.6) is 0 Å². The van der Waals surface area contributed by atoms with Gasteiger partial charge in [0.15, 0.2) is 0 Å². The molecule has 0 unspecified atom stereocenters. The van der Waals surface area contributed by atoms with Gasteiger partial charge in [0.1, 0.15) is 0 Å². The molecule has 2 heteroatoms. The minimum absolute atomic E-state index is 0.779. The van der Waals surface area contributed by atoms with E-state index in [0.29, 0.717) is 0 Å². The van der Waals surface area contributed by atoms with Gasteiger partial charge in [0.25, 0.3) is 0 Å². The molecule has 1 aliphatic rings. The van der Waals surface area contributed by atoms with Crippen LogP contribution in [0, 0.1) is 0 Å². The maximum atomic E-state index is 5.42. The normalized spacial score (nSPS) is 15.7. The van der Waals surface area contributed by atoms with Gasteiger partial charge < -0.3 is 10.1 Å². The van der Waals surface area contributed by atoms with Gasteiger partial charge in [-0.3, -0.25) is 0 Å². The minimum Gasteiger partial charge on any atom is -0.381 e. The van der Waals surface area contributed by atoms with Crippen molar-refractivity contribution in [1.82, 2.24) is 0 Å². The lowest BCUT2D eigenvalue weighted by Gasteiger charge is -2.16. The number of para-hydroxylation sites is 1. The van der Waals surface area contributed by atoms with Crippen LogP contribution in [0.1, 0.15) is 18.9 Å². The lowest BCUT2D eigenvalue weighted by molar-refractivity contribution is 0.150. The first kappa shape index (κ1) is 11.2. The van der Waals surface area contributed by atoms with Crippen LogP contribution in [0.3, 0.4) is 0 Å². The molecule has 0 saturated carbocycles. The van der Waals surface area contributed by atoms with Gasteiger partial charge in [0.05, 0.1) is 13.2 Å². The molecule has 1 aliphatic heterocycles. The van der Waals surface area contributed by atoms with Gasteiger partial charge in [-0.2, -0.15) is 0 Å². The van der Waals surface area contributed by atoms with Crippen LogP contribution in [-0.4, -0.2) is 19.8 Å². The first-order chi connectivity index (χ1) is 7.90. The van der Waals surface area contributed by atoms with E-state index in [2.05, 4.69) is 42.6 Å². The Morgan fingerprint density at radius 1 is 1.31 bits per heavy atom. The molecule has 0 aliphatic carbocycles. The summed E-state index contributed by atoms with van der Waals surface area (Å²) in [6.45, 7) is 4.73. The van der Waals surface area contributed by atoms with Gasteiger partial charge in [-0.25, -0.2) is 0 Å². The summed E-state index contributed by atoms with van der Waals surface area (Å²) in [4.78, 5) is 0. The molecule has 0 atom stereocenters. The highest BCUT2D eigenvalue weighted by molar-refractivity contribution is 5.51. The lowest BCUT2D eigenvalue weighted by atomic mass is 10.1. The summed E-state index contributed by atoms with van der Waals surface area (Å²) in [6.07, 6.45) is 4.40. The molecule has 0 radical (unpaired) electrons. The van der Waals surface area contributed by atoms with Gasteiger partial charge in [-0.05, 0) is 30.0 Å². The standard InChI is InChI=1S/C14H19NO/c1-2-13-7-3-4-8-14(13)15-10-12-6-5-9-16-11-12/h3-4,6-8,15H,2,5,9-11H2,1H3. The Bertz CT molecular complexity index is 371. The quantitative estimate of drug-likeness (QED) is 0.783. The van der Waals surface area contributed by atoms with E-state index >= 15 is 0 Å². The number of hydrogen-bond acceptors (Lipinski definition) is 2. The molecule has 1 aromatic rings. The summed E-state index contributed by atoms with van der Waals surface area (Å²) >= 11 is 0. The predicted molar refractivity (Wildman–Crippen MR) is 67.8 cm³/mol. The van der Waals surface area contributed by atoms with Gasteiger partial charge in [-0.15, -0.1) is 0 Å². The second-order valence-electron chi connectivity index (χ2n) is 4.07. The van der Waals surface area contributed by atoms with Crippen LogP contribution in [0.15, 0.2) is 35.9 Å². The minimum atomic E-state index is 0.779. The Balaban J connectivity index is 1.96. The molecule has 0 amide bonds. The summed E-state index contributed by atoms with van der Waals surface area (Å²) in [5.41, 5.74) is 3.98. The van der Waals surface area contributed by atoms with Crippen molar-refractivity contribution in [2.24, 2.45) is 0 Å². The van der Waals surface area contributed by atoms with Crippen LogP contribution >= 0.6 is 0 Å². The Labute approximate surface area is 97.3 Å². The van der Waals surface area contributed by atoms with E-state index < -0.39 is 0 Å². The van der Waals surface area contributed by atoms with Gasteiger partial charge >= 0.3 is 0 Å². The number of ether oxygens (including phenoxy) is 1. The molecular formula is C14H19NO. The molecule has 2 nitrogen and oxygen atoms in total. The van der Waals surface area contributed by atoms with E-state index in [9.17, 15) is 0 Å². The molecule has 0 fully saturated rings. The SMILES string of the molecule is CCc1ccccc1NCC1=CCCOC1. The molecule has 1 aromatic carbocycles. The first-order valence-electron chi connectivity index (χ1n) is 5.97. The summed E-state index contributed by atoms with van der Waals surface area (Å²) in [6, 6.07) is 8.48. The van der Waals surface area contributed by atoms with Crippen molar-refractivity contribution >= 4 is 5.69 Å². The number of rotatable bonds is 4. The fraction of sp³-hybridized carbons (Fsp3) is 0.429. The molecule has 86 valence electrons. The monoisotopic (exact) mass is 217 g/mol. The van der Waals surface area contributed by atoms with Crippen molar-refractivity contribution in [2.75, 3.05) is 25.1 Å². The van der Waals surface area contributed by atoms with Crippen LogP contribution in [0.25, 0.3) is 0 Å². The molecule has 0 spiro atoms. The molecule has 0 aromatic heterocycles. The number of anilines is 1. The third kappa shape index (κ3) is 2.86. The molecule has 2 rings (SSSR count). The zero-order valence-corrected chi connectivity index (χ0v) is 9.83.